The maximum atomic E-state index is 12.4. The molecule has 1 amide bonds. The van der Waals surface area contributed by atoms with Crippen molar-refractivity contribution in [2.75, 3.05) is 32.2 Å². The van der Waals surface area contributed by atoms with Crippen molar-refractivity contribution in [3.63, 3.8) is 0 Å². The Labute approximate surface area is 200 Å². The van der Waals surface area contributed by atoms with Gasteiger partial charge in [-0.1, -0.05) is 6.07 Å². The number of nitrogens with zero attached hydrogens (tertiary/aromatic N) is 1. The van der Waals surface area contributed by atoms with E-state index in [0.29, 0.717) is 27.6 Å². The van der Waals surface area contributed by atoms with Gasteiger partial charge in [0.15, 0.2) is 24.7 Å². The van der Waals surface area contributed by atoms with E-state index in [4.69, 9.17) is 24.2 Å². The minimum absolute atomic E-state index is 0.116. The van der Waals surface area contributed by atoms with Crippen LogP contribution in [0.15, 0.2) is 24.3 Å². The van der Waals surface area contributed by atoms with Gasteiger partial charge in [0.05, 0.1) is 19.3 Å². The van der Waals surface area contributed by atoms with E-state index in [2.05, 4.69) is 5.32 Å². The molecule has 178 valence electrons. The van der Waals surface area contributed by atoms with E-state index in [9.17, 15) is 14.4 Å². The Hall–Kier alpha value is -3.84. The number of ether oxygens (including phenoxy) is 4. The lowest BCUT2D eigenvalue weighted by Crippen LogP contribution is -2.21. The molecule has 0 atom stereocenters. The third-order valence-corrected chi connectivity index (χ3v) is 6.10. The van der Waals surface area contributed by atoms with Gasteiger partial charge < -0.3 is 24.3 Å². The molecule has 10 heteroatoms. The fraction of sp³-hybridized carbons (Fsp3) is 0.333. The number of benzene rings is 1. The smallest absolute Gasteiger partial charge is 0.341 e. The van der Waals surface area contributed by atoms with Gasteiger partial charge in [-0.05, 0) is 55.5 Å². The standard InChI is InChI=1S/C24H24N2O7S/c1-3-31-24(29)22-16-5-4-6-19(16)34-23(22)26-20(27)14-33-21(28)10-8-15-7-9-17(32-12-11-25)18(13-15)30-2/h7-10,13H,3-6,12,14H2,1-2H3,(H,26,27). The van der Waals surface area contributed by atoms with E-state index >= 15 is 0 Å². The summed E-state index contributed by atoms with van der Waals surface area (Å²) in [4.78, 5) is 37.9. The monoisotopic (exact) mass is 484 g/mol. The first-order valence-corrected chi connectivity index (χ1v) is 11.4. The van der Waals surface area contributed by atoms with Gasteiger partial charge in [-0.3, -0.25) is 4.79 Å². The quantitative estimate of drug-likeness (QED) is 0.401. The number of fused-ring (bicyclic) bond motifs is 1. The SMILES string of the molecule is CCOC(=O)c1c(NC(=O)COC(=O)C=Cc2ccc(OCC#N)c(OC)c2)sc2c1CCC2. The summed E-state index contributed by atoms with van der Waals surface area (Å²) in [6.07, 6.45) is 5.28. The van der Waals surface area contributed by atoms with Crippen LogP contribution in [0.25, 0.3) is 6.08 Å². The fourth-order valence-electron chi connectivity index (χ4n) is 3.44. The Balaban J connectivity index is 1.57. The molecular formula is C24H24N2O7S. The lowest BCUT2D eigenvalue weighted by molar-refractivity contribution is -0.142. The van der Waals surface area contributed by atoms with Crippen LogP contribution in [-0.4, -0.2) is 44.8 Å². The molecule has 0 aliphatic heterocycles. The summed E-state index contributed by atoms with van der Waals surface area (Å²) in [5, 5.41) is 11.7. The second-order valence-electron chi connectivity index (χ2n) is 7.13. The van der Waals surface area contributed by atoms with Crippen LogP contribution in [0.5, 0.6) is 11.5 Å². The summed E-state index contributed by atoms with van der Waals surface area (Å²) >= 11 is 1.36. The number of amides is 1. The highest BCUT2D eigenvalue weighted by Gasteiger charge is 2.28. The third-order valence-electron chi connectivity index (χ3n) is 4.89. The second kappa shape index (κ2) is 11.9. The predicted molar refractivity (Wildman–Crippen MR) is 125 cm³/mol. The average molecular weight is 485 g/mol. The highest BCUT2D eigenvalue weighted by atomic mass is 32.1. The molecule has 0 spiro atoms. The second-order valence-corrected chi connectivity index (χ2v) is 8.23. The van der Waals surface area contributed by atoms with Gasteiger partial charge in [0.2, 0.25) is 0 Å². The largest absolute Gasteiger partial charge is 0.493 e. The number of rotatable bonds is 10. The summed E-state index contributed by atoms with van der Waals surface area (Å²) in [6, 6.07) is 6.81. The van der Waals surface area contributed by atoms with Gasteiger partial charge in [0.1, 0.15) is 11.1 Å². The number of anilines is 1. The van der Waals surface area contributed by atoms with Gasteiger partial charge in [0.25, 0.3) is 5.91 Å². The molecule has 1 N–H and O–H groups in total. The van der Waals surface area contributed by atoms with Gasteiger partial charge in [-0.15, -0.1) is 11.3 Å². The van der Waals surface area contributed by atoms with E-state index in [1.807, 2.05) is 6.07 Å². The number of carbonyl (C=O) groups is 3. The number of hydrogen-bond donors (Lipinski definition) is 1. The zero-order valence-corrected chi connectivity index (χ0v) is 19.7. The number of nitriles is 1. The number of aryl methyl sites for hydroxylation is 1. The van der Waals surface area contributed by atoms with Crippen LogP contribution in [0, 0.1) is 11.3 Å². The Kier molecular flexibility index (Phi) is 8.65. The Morgan fingerprint density at radius 2 is 2.03 bits per heavy atom. The van der Waals surface area contributed by atoms with Gasteiger partial charge in [-0.2, -0.15) is 5.26 Å². The Morgan fingerprint density at radius 3 is 2.76 bits per heavy atom. The zero-order valence-electron chi connectivity index (χ0n) is 18.8. The molecular weight excluding hydrogens is 460 g/mol. The van der Waals surface area contributed by atoms with Crippen LogP contribution in [0.3, 0.4) is 0 Å². The average Bonchev–Trinajstić information content (AvgIpc) is 3.41. The number of nitrogens with one attached hydrogen (secondary N) is 1. The summed E-state index contributed by atoms with van der Waals surface area (Å²) in [5.41, 5.74) is 1.96. The molecule has 1 aliphatic carbocycles. The molecule has 0 unspecified atom stereocenters. The maximum absolute atomic E-state index is 12.4. The summed E-state index contributed by atoms with van der Waals surface area (Å²) in [6.45, 7) is 1.35. The molecule has 0 bridgehead atoms. The third kappa shape index (κ3) is 6.14. The molecule has 0 saturated heterocycles. The van der Waals surface area contributed by atoms with Crippen molar-refractivity contribution in [2.24, 2.45) is 0 Å². The Morgan fingerprint density at radius 1 is 1.21 bits per heavy atom. The topological polar surface area (TPSA) is 124 Å². The van der Waals surface area contributed by atoms with Crippen molar-refractivity contribution >= 4 is 40.3 Å². The maximum Gasteiger partial charge on any atom is 0.341 e. The van der Waals surface area contributed by atoms with Crippen LogP contribution in [0.2, 0.25) is 0 Å². The number of esters is 2. The zero-order chi connectivity index (χ0) is 24.5. The highest BCUT2D eigenvalue weighted by molar-refractivity contribution is 7.17. The van der Waals surface area contributed by atoms with Gasteiger partial charge >= 0.3 is 11.9 Å². The lowest BCUT2D eigenvalue weighted by atomic mass is 10.1. The molecule has 1 aromatic heterocycles. The van der Waals surface area contributed by atoms with Crippen LogP contribution in [-0.2, 0) is 31.9 Å². The molecule has 2 aromatic rings. The molecule has 1 aliphatic rings. The molecule has 3 rings (SSSR count). The first-order valence-electron chi connectivity index (χ1n) is 10.6. The molecule has 9 nitrogen and oxygen atoms in total. The van der Waals surface area contributed by atoms with Crippen LogP contribution < -0.4 is 14.8 Å². The minimum Gasteiger partial charge on any atom is -0.493 e. The van der Waals surface area contributed by atoms with E-state index in [1.165, 1.54) is 30.6 Å². The van der Waals surface area contributed by atoms with Crippen LogP contribution in [0.1, 0.15) is 39.7 Å². The van der Waals surface area contributed by atoms with Crippen LogP contribution in [0.4, 0.5) is 5.00 Å². The van der Waals surface area contributed by atoms with Crippen molar-refractivity contribution in [3.8, 4) is 17.6 Å². The summed E-state index contributed by atoms with van der Waals surface area (Å²) in [7, 11) is 1.46. The molecule has 1 heterocycles. The van der Waals surface area contributed by atoms with E-state index in [-0.39, 0.29) is 13.2 Å². The van der Waals surface area contributed by atoms with Gasteiger partial charge in [0, 0.05) is 11.0 Å². The highest BCUT2D eigenvalue weighted by Crippen LogP contribution is 2.39. The van der Waals surface area contributed by atoms with Crippen molar-refractivity contribution < 1.29 is 33.3 Å². The number of carbonyl (C=O) groups excluding carboxylic acids is 3. The first kappa shape index (κ1) is 24.8. The predicted octanol–water partition coefficient (Wildman–Crippen LogP) is 3.52. The number of thiophene rings is 1. The molecule has 0 saturated carbocycles. The summed E-state index contributed by atoms with van der Waals surface area (Å²) < 4.78 is 20.6. The lowest BCUT2D eigenvalue weighted by Gasteiger charge is -2.09. The van der Waals surface area contributed by atoms with E-state index in [0.717, 1.165) is 29.7 Å². The number of methoxy groups -OCH3 is 1. The minimum atomic E-state index is -0.710. The molecule has 34 heavy (non-hydrogen) atoms. The van der Waals surface area contributed by atoms with Crippen molar-refractivity contribution in [3.05, 3.63) is 45.8 Å². The van der Waals surface area contributed by atoms with Crippen LogP contribution >= 0.6 is 11.3 Å². The van der Waals surface area contributed by atoms with Gasteiger partial charge in [-0.25, -0.2) is 9.59 Å². The van der Waals surface area contributed by atoms with Crippen molar-refractivity contribution in [1.29, 1.82) is 5.26 Å². The Bertz CT molecular complexity index is 1150. The van der Waals surface area contributed by atoms with Crippen molar-refractivity contribution in [2.45, 2.75) is 26.2 Å². The summed E-state index contributed by atoms with van der Waals surface area (Å²) in [5.74, 6) is -0.907. The normalized spacial score (nSPS) is 12.0. The van der Waals surface area contributed by atoms with E-state index < -0.39 is 24.5 Å². The molecule has 1 aromatic carbocycles. The molecule has 0 fully saturated rings. The first-order chi connectivity index (χ1) is 16.5. The molecule has 0 radical (unpaired) electrons. The van der Waals surface area contributed by atoms with E-state index in [1.54, 1.807) is 25.1 Å². The fourth-order valence-corrected chi connectivity index (χ4v) is 4.73. The van der Waals surface area contributed by atoms with Crippen molar-refractivity contribution in [1.82, 2.24) is 0 Å². The number of hydrogen-bond acceptors (Lipinski definition) is 9.